The van der Waals surface area contributed by atoms with Gasteiger partial charge in [0.2, 0.25) is 5.91 Å². The van der Waals surface area contributed by atoms with Crippen LogP contribution in [0.3, 0.4) is 0 Å². The van der Waals surface area contributed by atoms with E-state index in [-0.39, 0.29) is 18.9 Å². The number of allylic oxidation sites excluding steroid dienone is 2. The quantitative estimate of drug-likeness (QED) is 0.0317. The Morgan fingerprint density at radius 1 is 0.530 bits per heavy atom. The highest BCUT2D eigenvalue weighted by atomic mass is 16.8. The lowest BCUT2D eigenvalue weighted by Crippen LogP contribution is -2.66. The number of carbonyl (C=O) groups excluding carboxylic acids is 1. The van der Waals surface area contributed by atoms with Crippen LogP contribution in [0.5, 0.6) is 0 Å². The third-order valence-electron chi connectivity index (χ3n) is 12.8. The minimum Gasteiger partial charge on any atom is -0.394 e. The van der Waals surface area contributed by atoms with Gasteiger partial charge in [0, 0.05) is 6.42 Å². The third-order valence-corrected chi connectivity index (χ3v) is 12.8. The molecule has 0 spiro atoms. The Morgan fingerprint density at radius 2 is 0.955 bits per heavy atom. The second-order valence-electron chi connectivity index (χ2n) is 18.3. The summed E-state index contributed by atoms with van der Waals surface area (Å²) >= 11 is 0. The van der Waals surface area contributed by atoms with Gasteiger partial charge in [-0.25, -0.2) is 0 Å². The molecule has 3 saturated heterocycles. The van der Waals surface area contributed by atoms with Crippen molar-refractivity contribution in [2.75, 3.05) is 26.4 Å². The van der Waals surface area contributed by atoms with Gasteiger partial charge in [-0.15, -0.1) is 0 Å². The predicted octanol–water partition coefficient (Wildman–Crippen LogP) is 1.09. The van der Waals surface area contributed by atoms with E-state index in [9.17, 15) is 61.0 Å². The molecule has 12 N–H and O–H groups in total. The Morgan fingerprint density at radius 3 is 1.50 bits per heavy atom. The highest BCUT2D eigenvalue weighted by Gasteiger charge is 2.53. The molecule has 388 valence electrons. The second-order valence-corrected chi connectivity index (χ2v) is 18.3. The summed E-state index contributed by atoms with van der Waals surface area (Å²) in [5.74, 6) is -0.258. The zero-order valence-corrected chi connectivity index (χ0v) is 39.4. The maximum atomic E-state index is 13.2. The average molecular weight is 954 g/mol. The van der Waals surface area contributed by atoms with E-state index in [1.54, 1.807) is 0 Å². The lowest BCUT2D eigenvalue weighted by atomic mass is 9.96. The van der Waals surface area contributed by atoms with Gasteiger partial charge in [-0.1, -0.05) is 116 Å². The molecule has 0 aliphatic carbocycles. The molecule has 66 heavy (non-hydrogen) atoms. The summed E-state index contributed by atoms with van der Waals surface area (Å²) in [6, 6.07) is -0.883. The molecular formula is C47H87NO18. The highest BCUT2D eigenvalue weighted by molar-refractivity contribution is 5.76. The fourth-order valence-electron chi connectivity index (χ4n) is 8.60. The van der Waals surface area contributed by atoms with E-state index in [1.807, 2.05) is 0 Å². The minimum absolute atomic E-state index is 0.257. The van der Waals surface area contributed by atoms with Crippen LogP contribution in [0.2, 0.25) is 0 Å². The number of rotatable bonds is 34. The van der Waals surface area contributed by atoms with Crippen LogP contribution in [0.15, 0.2) is 12.2 Å². The van der Waals surface area contributed by atoms with E-state index in [1.165, 1.54) is 51.4 Å². The van der Waals surface area contributed by atoms with Crippen LogP contribution in [-0.2, 0) is 33.2 Å². The molecule has 3 heterocycles. The number of amides is 1. The molecule has 0 radical (unpaired) electrons. The summed E-state index contributed by atoms with van der Waals surface area (Å²) in [4.78, 5) is 13.2. The van der Waals surface area contributed by atoms with Gasteiger partial charge in [0.1, 0.15) is 73.2 Å². The molecular weight excluding hydrogens is 867 g/mol. The molecule has 0 aromatic carbocycles. The van der Waals surface area contributed by atoms with Crippen molar-refractivity contribution in [3.05, 3.63) is 12.2 Å². The largest absolute Gasteiger partial charge is 0.394 e. The first-order valence-corrected chi connectivity index (χ1v) is 24.9. The molecule has 0 aromatic rings. The van der Waals surface area contributed by atoms with Crippen molar-refractivity contribution in [2.24, 2.45) is 0 Å². The van der Waals surface area contributed by atoms with Crippen LogP contribution in [0.4, 0.5) is 0 Å². The number of hydrogen-bond donors (Lipinski definition) is 12. The molecule has 3 fully saturated rings. The molecule has 0 saturated carbocycles. The number of aliphatic hydroxyl groups is 11. The molecule has 3 rings (SSSR count). The molecule has 0 aromatic heterocycles. The summed E-state index contributed by atoms with van der Waals surface area (Å²) in [5.41, 5.74) is 0. The smallest absolute Gasteiger partial charge is 0.220 e. The summed E-state index contributed by atoms with van der Waals surface area (Å²) in [7, 11) is 0. The summed E-state index contributed by atoms with van der Waals surface area (Å²) in [5, 5.41) is 119. The van der Waals surface area contributed by atoms with Crippen LogP contribution in [0.1, 0.15) is 149 Å². The first-order chi connectivity index (χ1) is 31.8. The van der Waals surface area contributed by atoms with Crippen LogP contribution >= 0.6 is 0 Å². The topological polar surface area (TPSA) is 307 Å². The number of aliphatic hydroxyl groups excluding tert-OH is 11. The molecule has 19 heteroatoms. The van der Waals surface area contributed by atoms with Gasteiger partial charge >= 0.3 is 0 Å². The van der Waals surface area contributed by atoms with Gasteiger partial charge in [0.25, 0.3) is 0 Å². The molecule has 17 atom stereocenters. The Labute approximate surface area is 391 Å². The highest BCUT2D eigenvalue weighted by Crippen LogP contribution is 2.33. The van der Waals surface area contributed by atoms with Crippen LogP contribution < -0.4 is 5.32 Å². The van der Waals surface area contributed by atoms with E-state index >= 15 is 0 Å². The Kier molecular flexibility index (Phi) is 29.6. The van der Waals surface area contributed by atoms with E-state index in [2.05, 4.69) is 31.3 Å². The second kappa shape index (κ2) is 33.2. The standard InChI is InChI=1S/C47H87NO18/c1-3-5-7-9-11-13-14-15-17-19-21-23-25-35(53)48-30(31(52)24-22-20-18-16-12-10-8-6-4-2)29-61-45-41(59)38(56)43(33(27-50)63-45)66-47-42(60)39(57)44(34(28-51)64-47)65-46-40(58)37(55)36(54)32(26-49)62-46/h11,13,30-34,36-47,49-52,54-60H,3-10,12,14-29H2,1-2H3,(H,48,53)/b13-11-. The third kappa shape index (κ3) is 19.4. The van der Waals surface area contributed by atoms with Crippen molar-refractivity contribution < 1.29 is 89.4 Å². The number of ether oxygens (including phenoxy) is 6. The normalized spacial score (nSPS) is 33.9. The van der Waals surface area contributed by atoms with E-state index < -0.39 is 124 Å². The van der Waals surface area contributed by atoms with Gasteiger partial charge in [0.15, 0.2) is 18.9 Å². The summed E-state index contributed by atoms with van der Waals surface area (Å²) in [6.07, 6.45) is -0.857. The number of hydrogen-bond acceptors (Lipinski definition) is 18. The number of carbonyl (C=O) groups is 1. The molecule has 3 aliphatic rings. The van der Waals surface area contributed by atoms with Crippen LogP contribution in [0, 0.1) is 0 Å². The average Bonchev–Trinajstić information content (AvgIpc) is 3.31. The fraction of sp³-hybridized carbons (Fsp3) is 0.936. The fourth-order valence-corrected chi connectivity index (χ4v) is 8.60. The molecule has 3 aliphatic heterocycles. The van der Waals surface area contributed by atoms with Crippen LogP contribution in [0.25, 0.3) is 0 Å². The SMILES string of the molecule is CCCCC/C=C\CCCCCCCC(=O)NC(COC1OC(CO)C(OC2OC(CO)C(OC3OC(CO)C(O)C(O)C3O)C(O)C2O)C(O)C1O)C(O)CCCCCCCCCCC. The number of nitrogens with one attached hydrogen (secondary N) is 1. The van der Waals surface area contributed by atoms with Gasteiger partial charge < -0.3 is 89.9 Å². The molecule has 19 nitrogen and oxygen atoms in total. The van der Waals surface area contributed by atoms with E-state index in [0.29, 0.717) is 12.8 Å². The monoisotopic (exact) mass is 954 g/mol. The summed E-state index contributed by atoms with van der Waals surface area (Å²) in [6.45, 7) is 1.68. The maximum Gasteiger partial charge on any atom is 0.220 e. The van der Waals surface area contributed by atoms with Crippen molar-refractivity contribution in [3.8, 4) is 0 Å². The molecule has 1 amide bonds. The Balaban J connectivity index is 1.57. The lowest BCUT2D eigenvalue weighted by Gasteiger charge is -2.48. The minimum atomic E-state index is -1.97. The Hall–Kier alpha value is -1.47. The van der Waals surface area contributed by atoms with Crippen LogP contribution in [-0.4, -0.2) is 193 Å². The van der Waals surface area contributed by atoms with Gasteiger partial charge in [-0.3, -0.25) is 4.79 Å². The first-order valence-electron chi connectivity index (χ1n) is 24.9. The van der Waals surface area contributed by atoms with Crippen molar-refractivity contribution >= 4 is 5.91 Å². The summed E-state index contributed by atoms with van der Waals surface area (Å²) < 4.78 is 34.1. The van der Waals surface area contributed by atoms with Gasteiger partial charge in [0.05, 0.1) is 38.6 Å². The predicted molar refractivity (Wildman–Crippen MR) is 240 cm³/mol. The van der Waals surface area contributed by atoms with Crippen molar-refractivity contribution in [1.82, 2.24) is 5.32 Å². The zero-order valence-electron chi connectivity index (χ0n) is 39.4. The number of unbranched alkanes of at least 4 members (excludes halogenated alkanes) is 16. The van der Waals surface area contributed by atoms with Gasteiger partial charge in [-0.05, 0) is 38.5 Å². The zero-order chi connectivity index (χ0) is 48.4. The van der Waals surface area contributed by atoms with Gasteiger partial charge in [-0.2, -0.15) is 0 Å². The molecule has 17 unspecified atom stereocenters. The molecule has 0 bridgehead atoms. The lowest BCUT2D eigenvalue weighted by molar-refractivity contribution is -0.379. The van der Waals surface area contributed by atoms with Crippen molar-refractivity contribution in [1.29, 1.82) is 0 Å². The van der Waals surface area contributed by atoms with Crippen molar-refractivity contribution in [3.63, 3.8) is 0 Å². The van der Waals surface area contributed by atoms with Crippen molar-refractivity contribution in [2.45, 2.75) is 253 Å². The van der Waals surface area contributed by atoms with E-state index in [4.69, 9.17) is 28.4 Å². The Bertz CT molecular complexity index is 1280. The van der Waals surface area contributed by atoms with E-state index in [0.717, 1.165) is 64.2 Å². The maximum absolute atomic E-state index is 13.2. The first kappa shape index (κ1) is 58.8.